The number of benzene rings is 2. The predicted octanol–water partition coefficient (Wildman–Crippen LogP) is 3.30. The summed E-state index contributed by atoms with van der Waals surface area (Å²) in [5, 5.41) is 1.29. The number of aromatic amines is 1. The minimum atomic E-state index is 0.171. The van der Waals surface area contributed by atoms with Crippen LogP contribution >= 0.6 is 0 Å². The monoisotopic (exact) mass is 320 g/mol. The molecule has 1 aromatic heterocycles. The van der Waals surface area contributed by atoms with Gasteiger partial charge in [0.2, 0.25) is 5.91 Å². The highest BCUT2D eigenvalue weighted by molar-refractivity contribution is 5.86. The van der Waals surface area contributed by atoms with E-state index in [1.807, 2.05) is 35.2 Å². The second-order valence-corrected chi connectivity index (χ2v) is 6.22. The number of hydrogen-bond donors (Lipinski definition) is 1. The summed E-state index contributed by atoms with van der Waals surface area (Å²) in [6.07, 6.45) is 1.34. The van der Waals surface area contributed by atoms with Gasteiger partial charge in [0.25, 0.3) is 0 Å². The molecule has 0 atom stereocenters. The van der Waals surface area contributed by atoms with Crippen LogP contribution < -0.4 is 4.74 Å². The van der Waals surface area contributed by atoms with Gasteiger partial charge in [0.15, 0.2) is 0 Å². The smallest absolute Gasteiger partial charge is 0.227 e. The van der Waals surface area contributed by atoms with Crippen molar-refractivity contribution in [3.63, 3.8) is 0 Å². The zero-order valence-electron chi connectivity index (χ0n) is 13.7. The standard InChI is InChI=1S/C20H20N2O2/c1-24-15-8-6-14(7-9-15)12-20(23)22-11-10-17-16-4-2-3-5-18(16)21-19(17)13-22/h2-9,21H,10-13H2,1H3. The number of para-hydroxylation sites is 1. The van der Waals surface area contributed by atoms with E-state index in [0.29, 0.717) is 13.0 Å². The van der Waals surface area contributed by atoms with Crippen LogP contribution in [0.1, 0.15) is 16.8 Å². The van der Waals surface area contributed by atoms with E-state index < -0.39 is 0 Å². The van der Waals surface area contributed by atoms with Crippen LogP contribution in [0.2, 0.25) is 0 Å². The van der Waals surface area contributed by atoms with Crippen molar-refractivity contribution in [3.05, 3.63) is 65.4 Å². The average Bonchev–Trinajstić information content (AvgIpc) is 3.00. The highest BCUT2D eigenvalue weighted by atomic mass is 16.5. The molecule has 0 bridgehead atoms. The summed E-state index contributed by atoms with van der Waals surface area (Å²) >= 11 is 0. The van der Waals surface area contributed by atoms with Crippen LogP contribution in [0.4, 0.5) is 0 Å². The second kappa shape index (κ2) is 6.04. The van der Waals surface area contributed by atoms with E-state index in [4.69, 9.17) is 4.74 Å². The molecule has 1 N–H and O–H groups in total. The summed E-state index contributed by atoms with van der Waals surface area (Å²) in [7, 11) is 1.64. The molecule has 24 heavy (non-hydrogen) atoms. The van der Waals surface area contributed by atoms with Crippen molar-refractivity contribution in [1.29, 1.82) is 0 Å². The van der Waals surface area contributed by atoms with Gasteiger partial charge in [-0.15, -0.1) is 0 Å². The average molecular weight is 320 g/mol. The molecular weight excluding hydrogens is 300 g/mol. The molecule has 2 aromatic carbocycles. The molecule has 4 nitrogen and oxygen atoms in total. The van der Waals surface area contributed by atoms with E-state index in [9.17, 15) is 4.79 Å². The van der Waals surface area contributed by atoms with Crippen LogP contribution in [0.25, 0.3) is 10.9 Å². The lowest BCUT2D eigenvalue weighted by Crippen LogP contribution is -2.36. The fraction of sp³-hybridized carbons (Fsp3) is 0.250. The normalized spacial score (nSPS) is 13.8. The van der Waals surface area contributed by atoms with Gasteiger partial charge in [0, 0.05) is 23.1 Å². The van der Waals surface area contributed by atoms with Crippen LogP contribution in [-0.2, 0) is 24.2 Å². The van der Waals surface area contributed by atoms with Gasteiger partial charge in [0.05, 0.1) is 20.1 Å². The Hall–Kier alpha value is -2.75. The van der Waals surface area contributed by atoms with Gasteiger partial charge in [0.1, 0.15) is 5.75 Å². The number of hydrogen-bond acceptors (Lipinski definition) is 2. The van der Waals surface area contributed by atoms with Gasteiger partial charge in [-0.25, -0.2) is 0 Å². The number of carbonyl (C=O) groups is 1. The number of carbonyl (C=O) groups excluding carboxylic acids is 1. The maximum Gasteiger partial charge on any atom is 0.227 e. The summed E-state index contributed by atoms with van der Waals surface area (Å²) in [5.74, 6) is 0.983. The molecule has 0 saturated carbocycles. The third kappa shape index (κ3) is 2.64. The van der Waals surface area contributed by atoms with E-state index in [1.54, 1.807) is 7.11 Å². The first kappa shape index (κ1) is 14.8. The van der Waals surface area contributed by atoms with Crippen molar-refractivity contribution in [2.24, 2.45) is 0 Å². The lowest BCUT2D eigenvalue weighted by atomic mass is 10.0. The Morgan fingerprint density at radius 2 is 1.96 bits per heavy atom. The van der Waals surface area contributed by atoms with Crippen LogP contribution in [-0.4, -0.2) is 29.4 Å². The highest BCUT2D eigenvalue weighted by Gasteiger charge is 2.23. The van der Waals surface area contributed by atoms with Crippen molar-refractivity contribution < 1.29 is 9.53 Å². The number of H-pyrrole nitrogens is 1. The number of methoxy groups -OCH3 is 1. The molecule has 1 aliphatic rings. The van der Waals surface area contributed by atoms with Gasteiger partial charge in [-0.1, -0.05) is 30.3 Å². The van der Waals surface area contributed by atoms with Gasteiger partial charge in [-0.3, -0.25) is 4.79 Å². The predicted molar refractivity (Wildman–Crippen MR) is 94.1 cm³/mol. The van der Waals surface area contributed by atoms with Crippen molar-refractivity contribution in [3.8, 4) is 5.75 Å². The first-order valence-corrected chi connectivity index (χ1v) is 8.24. The lowest BCUT2D eigenvalue weighted by Gasteiger charge is -2.27. The molecule has 3 aromatic rings. The number of nitrogens with zero attached hydrogens (tertiary/aromatic N) is 1. The molecule has 2 heterocycles. The third-order valence-corrected chi connectivity index (χ3v) is 4.75. The minimum absolute atomic E-state index is 0.171. The Balaban J connectivity index is 1.50. The number of amides is 1. The van der Waals surface area contributed by atoms with Gasteiger partial charge in [-0.05, 0) is 35.7 Å². The van der Waals surface area contributed by atoms with Crippen LogP contribution in [0.5, 0.6) is 5.75 Å². The maximum atomic E-state index is 12.6. The largest absolute Gasteiger partial charge is 0.497 e. The fourth-order valence-corrected chi connectivity index (χ4v) is 3.44. The maximum absolute atomic E-state index is 12.6. The Bertz CT molecular complexity index is 880. The molecule has 0 aliphatic carbocycles. The molecule has 1 aliphatic heterocycles. The molecule has 1 amide bonds. The topological polar surface area (TPSA) is 45.3 Å². The van der Waals surface area contributed by atoms with Gasteiger partial charge < -0.3 is 14.6 Å². The number of rotatable bonds is 3. The SMILES string of the molecule is COc1ccc(CC(=O)N2CCc3c([nH]c4ccccc34)C2)cc1. The summed E-state index contributed by atoms with van der Waals surface area (Å²) in [5.41, 5.74) is 4.71. The molecule has 122 valence electrons. The second-order valence-electron chi connectivity index (χ2n) is 6.22. The van der Waals surface area contributed by atoms with E-state index >= 15 is 0 Å². The lowest BCUT2D eigenvalue weighted by molar-refractivity contribution is -0.131. The molecule has 0 radical (unpaired) electrons. The first-order chi connectivity index (χ1) is 11.7. The number of ether oxygens (including phenoxy) is 1. The van der Waals surface area contributed by atoms with Crippen molar-refractivity contribution in [2.75, 3.05) is 13.7 Å². The van der Waals surface area contributed by atoms with Gasteiger partial charge >= 0.3 is 0 Å². The first-order valence-electron chi connectivity index (χ1n) is 8.24. The van der Waals surface area contributed by atoms with Crippen LogP contribution in [0.3, 0.4) is 0 Å². The summed E-state index contributed by atoms with van der Waals surface area (Å²) < 4.78 is 5.16. The van der Waals surface area contributed by atoms with Crippen LogP contribution in [0, 0.1) is 0 Å². The van der Waals surface area contributed by atoms with E-state index in [2.05, 4.69) is 23.2 Å². The van der Waals surface area contributed by atoms with E-state index in [0.717, 1.165) is 29.8 Å². The van der Waals surface area contributed by atoms with Crippen molar-refractivity contribution >= 4 is 16.8 Å². The Labute approximate surface area is 141 Å². The van der Waals surface area contributed by atoms with E-state index in [-0.39, 0.29) is 5.91 Å². The molecular formula is C20H20N2O2. The third-order valence-electron chi connectivity index (χ3n) is 4.75. The van der Waals surface area contributed by atoms with Gasteiger partial charge in [-0.2, -0.15) is 0 Å². The molecule has 0 unspecified atom stereocenters. The zero-order valence-corrected chi connectivity index (χ0v) is 13.7. The van der Waals surface area contributed by atoms with Crippen molar-refractivity contribution in [1.82, 2.24) is 9.88 Å². The summed E-state index contributed by atoms with van der Waals surface area (Å²) in [4.78, 5) is 18.0. The summed E-state index contributed by atoms with van der Waals surface area (Å²) in [6, 6.07) is 16.1. The minimum Gasteiger partial charge on any atom is -0.497 e. The highest BCUT2D eigenvalue weighted by Crippen LogP contribution is 2.27. The number of fused-ring (bicyclic) bond motifs is 3. The summed E-state index contributed by atoms with van der Waals surface area (Å²) in [6.45, 7) is 1.45. The van der Waals surface area contributed by atoms with Crippen molar-refractivity contribution in [2.45, 2.75) is 19.4 Å². The quantitative estimate of drug-likeness (QED) is 0.805. The Morgan fingerprint density at radius 1 is 1.17 bits per heavy atom. The Morgan fingerprint density at radius 3 is 2.75 bits per heavy atom. The molecule has 4 rings (SSSR count). The van der Waals surface area contributed by atoms with E-state index in [1.165, 1.54) is 16.6 Å². The molecule has 0 fully saturated rings. The molecule has 0 spiro atoms. The molecule has 4 heteroatoms. The fourth-order valence-electron chi connectivity index (χ4n) is 3.44. The van der Waals surface area contributed by atoms with Crippen LogP contribution in [0.15, 0.2) is 48.5 Å². The number of aromatic nitrogens is 1. The Kier molecular flexibility index (Phi) is 3.73. The number of nitrogens with one attached hydrogen (secondary N) is 1. The zero-order chi connectivity index (χ0) is 16.5. The molecule has 0 saturated heterocycles.